The number of allylic oxidation sites excluding steroid dienone is 1. The van der Waals surface area contributed by atoms with Crippen molar-refractivity contribution in [3.8, 4) is 0 Å². The highest BCUT2D eigenvalue weighted by atomic mass is 15.1. The molecule has 0 aliphatic carbocycles. The van der Waals surface area contributed by atoms with E-state index in [-0.39, 0.29) is 0 Å². The molecule has 0 aromatic rings. The second kappa shape index (κ2) is 6.62. The van der Waals surface area contributed by atoms with Crippen LogP contribution in [0, 0.1) is 0 Å². The smallest absolute Gasteiger partial charge is 0.0650 e. The van der Waals surface area contributed by atoms with Gasteiger partial charge in [0.05, 0.1) is 6.67 Å². The molecule has 2 heteroatoms. The molecular formula is C8H18N2. The predicted molar refractivity (Wildman–Crippen MR) is 45.7 cm³/mol. The van der Waals surface area contributed by atoms with Gasteiger partial charge in [-0.05, 0) is 13.0 Å². The Kier molecular flexibility index (Phi) is 6.29. The zero-order valence-electron chi connectivity index (χ0n) is 7.04. The average Bonchev–Trinajstić information content (AvgIpc) is 1.89. The summed E-state index contributed by atoms with van der Waals surface area (Å²) in [6.45, 7) is 9.95. The Morgan fingerprint density at radius 3 is 2.60 bits per heavy atom. The fourth-order valence-electron chi connectivity index (χ4n) is 0.703. The van der Waals surface area contributed by atoms with Gasteiger partial charge in [0, 0.05) is 5.70 Å². The first-order valence-corrected chi connectivity index (χ1v) is 3.93. The molecule has 0 bridgehead atoms. The molecule has 2 nitrogen and oxygen atoms in total. The lowest BCUT2D eigenvalue weighted by molar-refractivity contribution is 0.636. The Morgan fingerprint density at radius 1 is 1.40 bits per heavy atom. The van der Waals surface area contributed by atoms with Crippen LogP contribution in [0.5, 0.6) is 0 Å². The number of hydrogen-bond acceptors (Lipinski definition) is 2. The van der Waals surface area contributed by atoms with Crippen LogP contribution >= 0.6 is 0 Å². The number of nitrogens with one attached hydrogen (secondary N) is 2. The van der Waals surface area contributed by atoms with Crippen molar-refractivity contribution in [2.75, 3.05) is 13.2 Å². The van der Waals surface area contributed by atoms with E-state index >= 15 is 0 Å². The summed E-state index contributed by atoms with van der Waals surface area (Å²) in [7, 11) is 0. The van der Waals surface area contributed by atoms with Gasteiger partial charge in [0.1, 0.15) is 0 Å². The highest BCUT2D eigenvalue weighted by Crippen LogP contribution is 1.94. The zero-order chi connectivity index (χ0) is 7.82. The molecule has 0 saturated heterocycles. The SMILES string of the molecule is C=C(CCC)NCNCC. The normalized spacial score (nSPS) is 9.40. The molecule has 0 aliphatic rings. The van der Waals surface area contributed by atoms with Gasteiger partial charge in [-0.3, -0.25) is 0 Å². The third kappa shape index (κ3) is 5.63. The summed E-state index contributed by atoms with van der Waals surface area (Å²) in [5.74, 6) is 0. The van der Waals surface area contributed by atoms with E-state index in [4.69, 9.17) is 0 Å². The van der Waals surface area contributed by atoms with Crippen molar-refractivity contribution in [3.63, 3.8) is 0 Å². The van der Waals surface area contributed by atoms with Gasteiger partial charge in [-0.15, -0.1) is 0 Å². The molecule has 0 radical (unpaired) electrons. The fourth-order valence-corrected chi connectivity index (χ4v) is 0.703. The average molecular weight is 142 g/mol. The lowest BCUT2D eigenvalue weighted by Gasteiger charge is -2.07. The highest BCUT2D eigenvalue weighted by Gasteiger charge is 1.87. The largest absolute Gasteiger partial charge is 0.376 e. The summed E-state index contributed by atoms with van der Waals surface area (Å²) in [4.78, 5) is 0. The van der Waals surface area contributed by atoms with Crippen molar-refractivity contribution in [2.45, 2.75) is 26.7 Å². The molecule has 0 aromatic heterocycles. The Bertz CT molecular complexity index is 89.3. The van der Waals surface area contributed by atoms with E-state index in [1.165, 1.54) is 0 Å². The van der Waals surface area contributed by atoms with E-state index in [0.717, 1.165) is 31.8 Å². The van der Waals surface area contributed by atoms with Crippen LogP contribution in [0.2, 0.25) is 0 Å². The van der Waals surface area contributed by atoms with Gasteiger partial charge < -0.3 is 10.6 Å². The van der Waals surface area contributed by atoms with Crippen LogP contribution in [0.1, 0.15) is 26.7 Å². The highest BCUT2D eigenvalue weighted by molar-refractivity contribution is 4.89. The van der Waals surface area contributed by atoms with Crippen molar-refractivity contribution in [1.82, 2.24) is 10.6 Å². The molecule has 0 amide bonds. The molecule has 0 unspecified atom stereocenters. The minimum Gasteiger partial charge on any atom is -0.376 e. The topological polar surface area (TPSA) is 24.1 Å². The van der Waals surface area contributed by atoms with Gasteiger partial charge in [0.15, 0.2) is 0 Å². The molecule has 0 rings (SSSR count). The third-order valence-corrected chi connectivity index (χ3v) is 1.27. The fraction of sp³-hybridized carbons (Fsp3) is 0.750. The molecule has 0 saturated carbocycles. The van der Waals surface area contributed by atoms with E-state index in [0.29, 0.717) is 0 Å². The molecule has 0 fully saturated rings. The van der Waals surface area contributed by atoms with Gasteiger partial charge in [-0.2, -0.15) is 0 Å². The van der Waals surface area contributed by atoms with Gasteiger partial charge in [0.2, 0.25) is 0 Å². The Balaban J connectivity index is 3.05. The van der Waals surface area contributed by atoms with Gasteiger partial charge >= 0.3 is 0 Å². The van der Waals surface area contributed by atoms with Crippen LogP contribution in [-0.2, 0) is 0 Å². The van der Waals surface area contributed by atoms with Gasteiger partial charge in [0.25, 0.3) is 0 Å². The van der Waals surface area contributed by atoms with Gasteiger partial charge in [-0.25, -0.2) is 0 Å². The molecule has 0 aromatic carbocycles. The third-order valence-electron chi connectivity index (χ3n) is 1.27. The summed E-state index contributed by atoms with van der Waals surface area (Å²) >= 11 is 0. The van der Waals surface area contributed by atoms with E-state index in [2.05, 4.69) is 31.1 Å². The molecule has 0 spiro atoms. The quantitative estimate of drug-likeness (QED) is 0.433. The van der Waals surface area contributed by atoms with E-state index in [9.17, 15) is 0 Å². The molecule has 0 heterocycles. The zero-order valence-corrected chi connectivity index (χ0v) is 7.04. The summed E-state index contributed by atoms with van der Waals surface area (Å²) < 4.78 is 0. The first-order chi connectivity index (χ1) is 4.81. The monoisotopic (exact) mass is 142 g/mol. The lowest BCUT2D eigenvalue weighted by atomic mass is 10.3. The Morgan fingerprint density at radius 2 is 2.10 bits per heavy atom. The predicted octanol–water partition coefficient (Wildman–Crippen LogP) is 1.46. The van der Waals surface area contributed by atoms with Crippen molar-refractivity contribution in [1.29, 1.82) is 0 Å². The molecule has 0 aliphatic heterocycles. The maximum atomic E-state index is 3.87. The minimum absolute atomic E-state index is 0.843. The summed E-state index contributed by atoms with van der Waals surface area (Å²) in [5.41, 5.74) is 1.13. The van der Waals surface area contributed by atoms with E-state index < -0.39 is 0 Å². The van der Waals surface area contributed by atoms with Crippen LogP contribution in [0.3, 0.4) is 0 Å². The first kappa shape index (κ1) is 9.50. The molecule has 0 atom stereocenters. The summed E-state index contributed by atoms with van der Waals surface area (Å²) in [6, 6.07) is 0. The second-order valence-electron chi connectivity index (χ2n) is 2.31. The minimum atomic E-state index is 0.843. The molecule has 10 heavy (non-hydrogen) atoms. The molecule has 60 valence electrons. The van der Waals surface area contributed by atoms with Crippen molar-refractivity contribution in [2.24, 2.45) is 0 Å². The van der Waals surface area contributed by atoms with Crippen LogP contribution < -0.4 is 10.6 Å². The van der Waals surface area contributed by atoms with E-state index in [1.54, 1.807) is 0 Å². The maximum Gasteiger partial charge on any atom is 0.0650 e. The lowest BCUT2D eigenvalue weighted by Crippen LogP contribution is -2.27. The second-order valence-corrected chi connectivity index (χ2v) is 2.31. The van der Waals surface area contributed by atoms with E-state index in [1.807, 2.05) is 0 Å². The van der Waals surface area contributed by atoms with Crippen LogP contribution in [0.25, 0.3) is 0 Å². The Labute approximate surface area is 63.7 Å². The van der Waals surface area contributed by atoms with Crippen molar-refractivity contribution in [3.05, 3.63) is 12.3 Å². The number of rotatable bonds is 6. The van der Waals surface area contributed by atoms with Crippen LogP contribution in [0.15, 0.2) is 12.3 Å². The first-order valence-electron chi connectivity index (χ1n) is 3.93. The summed E-state index contributed by atoms with van der Waals surface area (Å²) in [6.07, 6.45) is 2.24. The number of hydrogen-bond donors (Lipinski definition) is 2. The van der Waals surface area contributed by atoms with Crippen molar-refractivity contribution < 1.29 is 0 Å². The maximum absolute atomic E-state index is 3.87. The van der Waals surface area contributed by atoms with Crippen LogP contribution in [-0.4, -0.2) is 13.2 Å². The Hall–Kier alpha value is -0.500. The van der Waals surface area contributed by atoms with Crippen LogP contribution in [0.4, 0.5) is 0 Å². The molecular weight excluding hydrogens is 124 g/mol. The van der Waals surface area contributed by atoms with Crippen molar-refractivity contribution >= 4 is 0 Å². The van der Waals surface area contributed by atoms with Gasteiger partial charge in [-0.1, -0.05) is 26.8 Å². The standard InChI is InChI=1S/C8H18N2/c1-4-6-8(3)10-7-9-5-2/h9-10H,3-7H2,1-2H3. The summed E-state index contributed by atoms with van der Waals surface area (Å²) in [5, 5.41) is 6.34. The molecule has 2 N–H and O–H groups in total.